The first kappa shape index (κ1) is 15.9. The second-order valence-electron chi connectivity index (χ2n) is 6.08. The van der Waals surface area contributed by atoms with Crippen molar-refractivity contribution in [1.29, 1.82) is 0 Å². The van der Waals surface area contributed by atoms with Gasteiger partial charge in [0.05, 0.1) is 13.3 Å². The summed E-state index contributed by atoms with van der Waals surface area (Å²) in [6, 6.07) is 10.2. The molecule has 2 aromatic rings. The van der Waals surface area contributed by atoms with Gasteiger partial charge in [-0.25, -0.2) is 4.79 Å². The average molecular weight is 331 g/mol. The van der Waals surface area contributed by atoms with Crippen LogP contribution in [-0.2, 0) is 6.54 Å². The summed E-state index contributed by atoms with van der Waals surface area (Å²) in [6.45, 7) is 6.10. The lowest BCUT2D eigenvalue weighted by Gasteiger charge is -2.39. The molecule has 3 rings (SSSR count). The smallest absolute Gasteiger partial charge is 0.314 e. The Hall–Kier alpha value is -1.99. The Morgan fingerprint density at radius 3 is 2.57 bits per heavy atom. The van der Waals surface area contributed by atoms with Gasteiger partial charge in [0, 0.05) is 19.5 Å². The minimum absolute atomic E-state index is 0.0271. The highest BCUT2D eigenvalue weighted by Gasteiger charge is 2.31. The molecule has 122 valence electrons. The molecule has 0 bridgehead atoms. The minimum atomic E-state index is -0.0271. The van der Waals surface area contributed by atoms with Crippen LogP contribution in [0.2, 0.25) is 0 Å². The van der Waals surface area contributed by atoms with Gasteiger partial charge in [-0.3, -0.25) is 9.80 Å². The van der Waals surface area contributed by atoms with E-state index in [0.29, 0.717) is 24.4 Å². The number of hydrogen-bond donors (Lipinski definition) is 0. The van der Waals surface area contributed by atoms with E-state index in [-0.39, 0.29) is 6.03 Å². The fraction of sp³-hybridized carbons (Fsp3) is 0.438. The van der Waals surface area contributed by atoms with Gasteiger partial charge in [-0.1, -0.05) is 55.5 Å². The summed E-state index contributed by atoms with van der Waals surface area (Å²) in [6.07, 6.45) is 0. The highest BCUT2D eigenvalue weighted by Crippen LogP contribution is 2.28. The lowest BCUT2D eigenvalue weighted by atomic mass is 10.2. The van der Waals surface area contributed by atoms with E-state index in [2.05, 4.69) is 41.1 Å². The zero-order chi connectivity index (χ0) is 16.4. The zero-order valence-electron chi connectivity index (χ0n) is 13.6. The monoisotopic (exact) mass is 331 g/mol. The van der Waals surface area contributed by atoms with Crippen LogP contribution >= 0.6 is 11.3 Å². The molecule has 2 heterocycles. The summed E-state index contributed by atoms with van der Waals surface area (Å²) in [7, 11) is 1.82. The van der Waals surface area contributed by atoms with Gasteiger partial charge < -0.3 is 4.90 Å². The first-order valence-electron chi connectivity index (χ1n) is 7.67. The van der Waals surface area contributed by atoms with Crippen molar-refractivity contribution < 1.29 is 4.79 Å². The van der Waals surface area contributed by atoms with Crippen LogP contribution in [0.25, 0.3) is 0 Å². The van der Waals surface area contributed by atoms with Gasteiger partial charge in [-0.05, 0) is 5.56 Å². The van der Waals surface area contributed by atoms with E-state index in [1.54, 1.807) is 9.80 Å². The van der Waals surface area contributed by atoms with Gasteiger partial charge in [-0.2, -0.15) is 0 Å². The maximum Gasteiger partial charge on any atom is 0.328 e. The van der Waals surface area contributed by atoms with Crippen molar-refractivity contribution >= 4 is 22.5 Å². The van der Waals surface area contributed by atoms with Crippen LogP contribution in [-0.4, -0.2) is 46.4 Å². The van der Waals surface area contributed by atoms with Crippen molar-refractivity contribution in [2.45, 2.75) is 26.3 Å². The van der Waals surface area contributed by atoms with E-state index in [9.17, 15) is 4.79 Å². The molecule has 6 nitrogen and oxygen atoms in total. The van der Waals surface area contributed by atoms with Crippen molar-refractivity contribution in [3.63, 3.8) is 0 Å². The fourth-order valence-corrected chi connectivity index (χ4v) is 3.36. The van der Waals surface area contributed by atoms with Crippen LogP contribution in [0.15, 0.2) is 30.3 Å². The molecule has 0 atom stereocenters. The molecule has 1 aromatic heterocycles. The molecular formula is C16H21N5OS. The molecule has 1 fully saturated rings. The molecular weight excluding hydrogens is 310 g/mol. The van der Waals surface area contributed by atoms with Gasteiger partial charge in [0.1, 0.15) is 5.01 Å². The predicted molar refractivity (Wildman–Crippen MR) is 91.4 cm³/mol. The number of hydrogen-bond acceptors (Lipinski definition) is 5. The highest BCUT2D eigenvalue weighted by atomic mass is 32.1. The van der Waals surface area contributed by atoms with Crippen molar-refractivity contribution in [2.24, 2.45) is 0 Å². The number of aromatic nitrogens is 2. The summed E-state index contributed by atoms with van der Waals surface area (Å²) >= 11 is 1.49. The largest absolute Gasteiger partial charge is 0.328 e. The first-order valence-corrected chi connectivity index (χ1v) is 8.48. The molecule has 7 heteroatoms. The average Bonchev–Trinajstić information content (AvgIpc) is 3.02. The Bertz CT molecular complexity index is 672. The number of amides is 2. The number of benzene rings is 1. The normalized spacial score (nSPS) is 16.4. The van der Waals surface area contributed by atoms with Crippen LogP contribution in [0.3, 0.4) is 0 Å². The number of anilines is 1. The third kappa shape index (κ3) is 3.51. The molecule has 1 saturated heterocycles. The Kier molecular flexibility index (Phi) is 4.58. The van der Waals surface area contributed by atoms with Gasteiger partial charge in [-0.15, -0.1) is 10.2 Å². The SMILES string of the molecule is CC(C)c1nnc(N2CN(Cc3ccccc3)CN(C)C2=O)s1. The topological polar surface area (TPSA) is 52.6 Å². The number of rotatable bonds is 4. The second kappa shape index (κ2) is 6.64. The molecule has 1 aliphatic rings. The van der Waals surface area contributed by atoms with Gasteiger partial charge in [0.15, 0.2) is 0 Å². The van der Waals surface area contributed by atoms with E-state index < -0.39 is 0 Å². The minimum Gasteiger partial charge on any atom is -0.314 e. The highest BCUT2D eigenvalue weighted by molar-refractivity contribution is 7.15. The van der Waals surface area contributed by atoms with E-state index >= 15 is 0 Å². The van der Waals surface area contributed by atoms with Crippen LogP contribution < -0.4 is 4.90 Å². The maximum atomic E-state index is 12.5. The molecule has 23 heavy (non-hydrogen) atoms. The lowest BCUT2D eigenvalue weighted by Crippen LogP contribution is -2.56. The Morgan fingerprint density at radius 1 is 1.17 bits per heavy atom. The third-order valence-corrected chi connectivity index (χ3v) is 4.96. The molecule has 1 aromatic carbocycles. The van der Waals surface area contributed by atoms with Crippen LogP contribution in [0, 0.1) is 0 Å². The summed E-state index contributed by atoms with van der Waals surface area (Å²) in [5, 5.41) is 10.0. The van der Waals surface area contributed by atoms with Crippen molar-refractivity contribution in [3.05, 3.63) is 40.9 Å². The maximum absolute atomic E-state index is 12.5. The lowest BCUT2D eigenvalue weighted by molar-refractivity contribution is 0.125. The number of urea groups is 1. The van der Waals surface area contributed by atoms with E-state index in [4.69, 9.17) is 0 Å². The third-order valence-electron chi connectivity index (χ3n) is 3.71. The number of nitrogens with zero attached hydrogens (tertiary/aromatic N) is 5. The van der Waals surface area contributed by atoms with E-state index in [0.717, 1.165) is 11.6 Å². The molecule has 0 spiro atoms. The Balaban J connectivity index is 1.77. The summed E-state index contributed by atoms with van der Waals surface area (Å²) in [5.41, 5.74) is 1.23. The van der Waals surface area contributed by atoms with Gasteiger partial charge in [0.2, 0.25) is 5.13 Å². The standard InChI is InChI=1S/C16H21N5OS/c1-12(2)14-17-18-15(23-14)21-11-20(10-19(3)16(21)22)9-13-7-5-4-6-8-13/h4-8,12H,9-11H2,1-3H3. The summed E-state index contributed by atoms with van der Waals surface area (Å²) in [5.74, 6) is 0.319. The van der Waals surface area contributed by atoms with Crippen molar-refractivity contribution in [2.75, 3.05) is 25.3 Å². The zero-order valence-corrected chi connectivity index (χ0v) is 14.5. The molecule has 0 N–H and O–H groups in total. The summed E-state index contributed by atoms with van der Waals surface area (Å²) in [4.78, 5) is 18.1. The summed E-state index contributed by atoms with van der Waals surface area (Å²) < 4.78 is 0. The van der Waals surface area contributed by atoms with E-state index in [1.165, 1.54) is 16.9 Å². The fourth-order valence-electron chi connectivity index (χ4n) is 2.52. The van der Waals surface area contributed by atoms with Crippen LogP contribution in [0.1, 0.15) is 30.3 Å². The molecule has 1 aliphatic heterocycles. The van der Waals surface area contributed by atoms with Gasteiger partial charge >= 0.3 is 6.03 Å². The quantitative estimate of drug-likeness (QED) is 0.864. The van der Waals surface area contributed by atoms with Crippen LogP contribution in [0.5, 0.6) is 0 Å². The molecule has 0 unspecified atom stereocenters. The van der Waals surface area contributed by atoms with Crippen molar-refractivity contribution in [3.8, 4) is 0 Å². The second-order valence-corrected chi connectivity index (χ2v) is 7.07. The molecule has 2 amide bonds. The molecule has 0 radical (unpaired) electrons. The predicted octanol–water partition coefficient (Wildman–Crippen LogP) is 2.95. The Morgan fingerprint density at radius 2 is 1.91 bits per heavy atom. The van der Waals surface area contributed by atoms with Gasteiger partial charge in [0.25, 0.3) is 0 Å². The van der Waals surface area contributed by atoms with Crippen molar-refractivity contribution in [1.82, 2.24) is 20.0 Å². The Labute approximate surface area is 140 Å². The van der Waals surface area contributed by atoms with E-state index in [1.807, 2.05) is 25.2 Å². The number of carbonyl (C=O) groups excluding carboxylic acids is 1. The van der Waals surface area contributed by atoms with Crippen LogP contribution in [0.4, 0.5) is 9.93 Å². The number of carbonyl (C=O) groups is 1. The first-order chi connectivity index (χ1) is 11.0. The molecule has 0 aliphatic carbocycles. The molecule has 0 saturated carbocycles.